The van der Waals surface area contributed by atoms with Crippen LogP contribution >= 0.6 is 0 Å². The zero-order valence-electron chi connectivity index (χ0n) is 12.1. The van der Waals surface area contributed by atoms with Gasteiger partial charge in [0.05, 0.1) is 0 Å². The van der Waals surface area contributed by atoms with Crippen molar-refractivity contribution in [2.24, 2.45) is 5.73 Å². The van der Waals surface area contributed by atoms with Crippen LogP contribution in [0.1, 0.15) is 38.8 Å². The molecule has 106 valence electrons. The monoisotopic (exact) mass is 264 g/mol. The van der Waals surface area contributed by atoms with Gasteiger partial charge in [0.2, 0.25) is 0 Å². The first-order valence-electron chi connectivity index (χ1n) is 6.89. The van der Waals surface area contributed by atoms with Gasteiger partial charge in [0.1, 0.15) is 5.75 Å². The zero-order valence-corrected chi connectivity index (χ0v) is 12.1. The lowest BCUT2D eigenvalue weighted by Gasteiger charge is -2.20. The molecule has 1 aromatic rings. The van der Waals surface area contributed by atoms with E-state index in [1.165, 1.54) is 0 Å². The van der Waals surface area contributed by atoms with Crippen molar-refractivity contribution < 1.29 is 9.53 Å². The summed E-state index contributed by atoms with van der Waals surface area (Å²) in [6, 6.07) is 7.58. The summed E-state index contributed by atoms with van der Waals surface area (Å²) >= 11 is 0. The van der Waals surface area contributed by atoms with Gasteiger partial charge in [-0.1, -0.05) is 25.1 Å². The number of nitrogens with zero attached hydrogens (tertiary/aromatic N) is 1. The zero-order chi connectivity index (χ0) is 14.3. The Morgan fingerprint density at radius 2 is 1.89 bits per heavy atom. The van der Waals surface area contributed by atoms with Crippen molar-refractivity contribution in [1.29, 1.82) is 0 Å². The molecule has 0 fully saturated rings. The van der Waals surface area contributed by atoms with Gasteiger partial charge in [-0.05, 0) is 26.3 Å². The molecule has 0 aliphatic rings. The Morgan fingerprint density at radius 1 is 1.26 bits per heavy atom. The van der Waals surface area contributed by atoms with Gasteiger partial charge in [-0.15, -0.1) is 0 Å². The molecule has 0 saturated carbocycles. The quantitative estimate of drug-likeness (QED) is 0.822. The molecule has 1 aromatic carbocycles. The first-order chi connectivity index (χ1) is 9.13. The Morgan fingerprint density at radius 3 is 2.47 bits per heavy atom. The molecule has 1 atom stereocenters. The lowest BCUT2D eigenvalue weighted by atomic mass is 10.0. The molecule has 0 spiro atoms. The van der Waals surface area contributed by atoms with Crippen molar-refractivity contribution in [3.05, 3.63) is 29.8 Å². The van der Waals surface area contributed by atoms with Gasteiger partial charge in [-0.2, -0.15) is 0 Å². The van der Waals surface area contributed by atoms with Crippen LogP contribution in [0.15, 0.2) is 24.3 Å². The molecule has 0 radical (unpaired) electrons. The van der Waals surface area contributed by atoms with Crippen LogP contribution in [0.4, 0.5) is 0 Å². The number of benzene rings is 1. The maximum Gasteiger partial charge on any atom is 0.260 e. The van der Waals surface area contributed by atoms with E-state index in [2.05, 4.69) is 0 Å². The smallest absolute Gasteiger partial charge is 0.260 e. The van der Waals surface area contributed by atoms with Gasteiger partial charge < -0.3 is 15.4 Å². The highest BCUT2D eigenvalue weighted by Gasteiger charge is 2.13. The molecule has 19 heavy (non-hydrogen) atoms. The highest BCUT2D eigenvalue weighted by Crippen LogP contribution is 2.25. The lowest BCUT2D eigenvalue weighted by Crippen LogP contribution is -2.34. The first kappa shape index (κ1) is 15.5. The number of carbonyl (C=O) groups excluding carboxylic acids is 1. The highest BCUT2D eigenvalue weighted by molar-refractivity contribution is 5.77. The van der Waals surface area contributed by atoms with Crippen molar-refractivity contribution >= 4 is 5.91 Å². The fourth-order valence-corrected chi connectivity index (χ4v) is 1.95. The van der Waals surface area contributed by atoms with Crippen LogP contribution in [-0.2, 0) is 4.79 Å². The Kier molecular flexibility index (Phi) is 6.36. The predicted molar refractivity (Wildman–Crippen MR) is 77.1 cm³/mol. The summed E-state index contributed by atoms with van der Waals surface area (Å²) in [4.78, 5) is 13.7. The Hall–Kier alpha value is -1.55. The van der Waals surface area contributed by atoms with Crippen molar-refractivity contribution in [2.75, 3.05) is 19.7 Å². The normalized spacial score (nSPS) is 12.0. The second-order valence-electron chi connectivity index (χ2n) is 4.41. The summed E-state index contributed by atoms with van der Waals surface area (Å²) in [6.45, 7) is 7.42. The standard InChI is InChI=1S/C15H24N2O2/c1-4-13(16)12-9-7-8-10-14(12)19-11-15(18)17(5-2)6-3/h7-10,13H,4-6,11,16H2,1-3H3/t13-/m1/s1. The third-order valence-corrected chi connectivity index (χ3v) is 3.23. The van der Waals surface area contributed by atoms with Gasteiger partial charge in [-0.3, -0.25) is 4.79 Å². The minimum atomic E-state index is -0.0558. The van der Waals surface area contributed by atoms with Gasteiger partial charge in [0.25, 0.3) is 5.91 Å². The van der Waals surface area contributed by atoms with Crippen LogP contribution in [0.2, 0.25) is 0 Å². The molecule has 1 rings (SSSR count). The fourth-order valence-electron chi connectivity index (χ4n) is 1.95. The van der Waals surface area contributed by atoms with Crippen LogP contribution in [-0.4, -0.2) is 30.5 Å². The maximum atomic E-state index is 11.9. The van der Waals surface area contributed by atoms with Crippen LogP contribution in [0.25, 0.3) is 0 Å². The van der Waals surface area contributed by atoms with Crippen molar-refractivity contribution in [3.8, 4) is 5.75 Å². The number of hydrogen-bond acceptors (Lipinski definition) is 3. The van der Waals surface area contributed by atoms with Crippen molar-refractivity contribution in [3.63, 3.8) is 0 Å². The molecule has 0 heterocycles. The number of carbonyl (C=O) groups is 1. The Bertz CT molecular complexity index is 403. The molecule has 0 saturated heterocycles. The van der Waals surface area contributed by atoms with Crippen LogP contribution in [0.3, 0.4) is 0 Å². The molecule has 4 nitrogen and oxygen atoms in total. The summed E-state index contributed by atoms with van der Waals surface area (Å²) in [5.41, 5.74) is 6.99. The number of rotatable bonds is 7. The highest BCUT2D eigenvalue weighted by atomic mass is 16.5. The molecular formula is C15H24N2O2. The van der Waals surface area contributed by atoms with E-state index < -0.39 is 0 Å². The van der Waals surface area contributed by atoms with Gasteiger partial charge in [0.15, 0.2) is 6.61 Å². The maximum absolute atomic E-state index is 11.9. The number of para-hydroxylation sites is 1. The number of hydrogen-bond donors (Lipinski definition) is 1. The molecule has 2 N–H and O–H groups in total. The Balaban J connectivity index is 2.70. The summed E-state index contributed by atoms with van der Waals surface area (Å²) in [7, 11) is 0. The number of ether oxygens (including phenoxy) is 1. The number of nitrogens with two attached hydrogens (primary N) is 1. The summed E-state index contributed by atoms with van der Waals surface area (Å²) in [5.74, 6) is 0.710. The molecule has 0 aromatic heterocycles. The summed E-state index contributed by atoms with van der Waals surface area (Å²) in [5, 5.41) is 0. The van der Waals surface area contributed by atoms with E-state index in [1.807, 2.05) is 45.0 Å². The molecule has 1 amide bonds. The minimum Gasteiger partial charge on any atom is -0.483 e. The third-order valence-electron chi connectivity index (χ3n) is 3.23. The third kappa shape index (κ3) is 4.24. The van der Waals surface area contributed by atoms with E-state index in [9.17, 15) is 4.79 Å². The lowest BCUT2D eigenvalue weighted by molar-refractivity contribution is -0.132. The van der Waals surface area contributed by atoms with E-state index in [1.54, 1.807) is 4.90 Å². The van der Waals surface area contributed by atoms with Gasteiger partial charge in [-0.25, -0.2) is 0 Å². The first-order valence-corrected chi connectivity index (χ1v) is 6.89. The second-order valence-corrected chi connectivity index (χ2v) is 4.41. The van der Waals surface area contributed by atoms with Crippen molar-refractivity contribution in [1.82, 2.24) is 4.90 Å². The van der Waals surface area contributed by atoms with Crippen LogP contribution < -0.4 is 10.5 Å². The number of amides is 1. The van der Waals surface area contributed by atoms with Gasteiger partial charge in [0, 0.05) is 24.7 Å². The van der Waals surface area contributed by atoms with Crippen LogP contribution in [0, 0.1) is 0 Å². The van der Waals surface area contributed by atoms with E-state index in [-0.39, 0.29) is 18.6 Å². The van der Waals surface area contributed by atoms with E-state index >= 15 is 0 Å². The average molecular weight is 264 g/mol. The van der Waals surface area contributed by atoms with Gasteiger partial charge >= 0.3 is 0 Å². The summed E-state index contributed by atoms with van der Waals surface area (Å²) < 4.78 is 5.64. The SMILES string of the molecule is CC[C@@H](N)c1ccccc1OCC(=O)N(CC)CC. The molecule has 0 aliphatic carbocycles. The average Bonchev–Trinajstić information content (AvgIpc) is 2.45. The molecule has 4 heteroatoms. The second kappa shape index (κ2) is 7.79. The van der Waals surface area contributed by atoms with E-state index in [4.69, 9.17) is 10.5 Å². The minimum absolute atomic E-state index is 0.00451. The Labute approximate surface area is 115 Å². The summed E-state index contributed by atoms with van der Waals surface area (Å²) in [6.07, 6.45) is 0.838. The molecular weight excluding hydrogens is 240 g/mol. The molecule has 0 aliphatic heterocycles. The number of likely N-dealkylation sites (N-methyl/N-ethyl adjacent to an activating group) is 1. The fraction of sp³-hybridized carbons (Fsp3) is 0.533. The topological polar surface area (TPSA) is 55.6 Å². The predicted octanol–water partition coefficient (Wildman–Crippen LogP) is 2.34. The molecule has 0 unspecified atom stereocenters. The molecule has 0 bridgehead atoms. The van der Waals surface area contributed by atoms with E-state index in [0.717, 1.165) is 12.0 Å². The van der Waals surface area contributed by atoms with Crippen molar-refractivity contribution in [2.45, 2.75) is 33.2 Å². The van der Waals surface area contributed by atoms with Crippen LogP contribution in [0.5, 0.6) is 5.75 Å². The largest absolute Gasteiger partial charge is 0.483 e. The van der Waals surface area contributed by atoms with E-state index in [0.29, 0.717) is 18.8 Å².